The first-order valence-corrected chi connectivity index (χ1v) is 9.26. The predicted octanol–water partition coefficient (Wildman–Crippen LogP) is 3.12. The molecule has 0 atom stereocenters. The highest BCUT2D eigenvalue weighted by atomic mass is 15.3. The van der Waals surface area contributed by atoms with Crippen LogP contribution >= 0.6 is 0 Å². The number of likely N-dealkylation sites (tertiary alicyclic amines) is 1. The monoisotopic (exact) mass is 347 g/mol. The van der Waals surface area contributed by atoms with Crippen molar-refractivity contribution in [2.24, 2.45) is 0 Å². The highest BCUT2D eigenvalue weighted by Gasteiger charge is 2.18. The minimum absolute atomic E-state index is 0.580. The summed E-state index contributed by atoms with van der Waals surface area (Å²) >= 11 is 0. The number of nitrogens with one attached hydrogen (secondary N) is 1. The Balaban J connectivity index is 1.58. The molecule has 0 amide bonds. The molecule has 1 aromatic carbocycles. The molecule has 5 nitrogen and oxygen atoms in total. The molecule has 0 saturated carbocycles. The molecule has 0 unspecified atom stereocenters. The Kier molecular flexibility index (Phi) is 5.09. The predicted molar refractivity (Wildman–Crippen MR) is 104 cm³/mol. The zero-order chi connectivity index (χ0) is 17.8. The molecule has 1 saturated heterocycles. The average Bonchev–Trinajstić information content (AvgIpc) is 3.13. The Hall–Kier alpha value is -2.50. The van der Waals surface area contributed by atoms with Crippen molar-refractivity contribution < 1.29 is 0 Å². The van der Waals surface area contributed by atoms with Crippen molar-refractivity contribution in [1.82, 2.24) is 25.0 Å². The fourth-order valence-electron chi connectivity index (χ4n) is 3.47. The average molecular weight is 347 g/mol. The van der Waals surface area contributed by atoms with Crippen molar-refractivity contribution in [2.75, 3.05) is 20.1 Å². The van der Waals surface area contributed by atoms with Gasteiger partial charge in [-0.3, -0.25) is 4.98 Å². The fourth-order valence-corrected chi connectivity index (χ4v) is 3.47. The first kappa shape index (κ1) is 16.9. The molecule has 0 spiro atoms. The van der Waals surface area contributed by atoms with Gasteiger partial charge in [-0.15, -0.1) is 0 Å². The lowest BCUT2D eigenvalue weighted by atomic mass is 10.0. The molecule has 134 valence electrons. The van der Waals surface area contributed by atoms with E-state index in [1.165, 1.54) is 18.4 Å². The van der Waals surface area contributed by atoms with E-state index in [4.69, 9.17) is 5.10 Å². The van der Waals surface area contributed by atoms with Crippen molar-refractivity contribution in [3.8, 4) is 16.9 Å². The summed E-state index contributed by atoms with van der Waals surface area (Å²) in [6.07, 6.45) is 8.20. The third kappa shape index (κ3) is 3.84. The number of benzene rings is 1. The molecule has 1 aliphatic heterocycles. The topological polar surface area (TPSA) is 46.0 Å². The smallest absolute Gasteiger partial charge is 0.0973 e. The van der Waals surface area contributed by atoms with Gasteiger partial charge in [0, 0.05) is 42.3 Å². The Bertz CT molecular complexity index is 820. The molecule has 1 fully saturated rings. The van der Waals surface area contributed by atoms with Gasteiger partial charge >= 0.3 is 0 Å². The minimum Gasteiger partial charge on any atom is -0.310 e. The SMILES string of the molecule is CN1CCC(NCc2cn(-c3ccccc3)nc2-c2ccncc2)CC1. The van der Waals surface area contributed by atoms with Gasteiger partial charge in [0.2, 0.25) is 0 Å². The lowest BCUT2D eigenvalue weighted by molar-refractivity contribution is 0.234. The van der Waals surface area contributed by atoms with Gasteiger partial charge in [0.25, 0.3) is 0 Å². The molecule has 2 aromatic heterocycles. The highest BCUT2D eigenvalue weighted by molar-refractivity contribution is 5.62. The van der Waals surface area contributed by atoms with Crippen LogP contribution in [-0.4, -0.2) is 45.8 Å². The first-order chi connectivity index (χ1) is 12.8. The molecule has 5 heteroatoms. The molecule has 1 N–H and O–H groups in total. The van der Waals surface area contributed by atoms with E-state index in [9.17, 15) is 0 Å². The first-order valence-electron chi connectivity index (χ1n) is 9.26. The molecule has 26 heavy (non-hydrogen) atoms. The Morgan fingerprint density at radius 3 is 2.50 bits per heavy atom. The molecule has 1 aliphatic rings. The van der Waals surface area contributed by atoms with Gasteiger partial charge in [0.15, 0.2) is 0 Å². The summed E-state index contributed by atoms with van der Waals surface area (Å²) in [5, 5.41) is 8.60. The third-order valence-electron chi connectivity index (χ3n) is 5.06. The Morgan fingerprint density at radius 1 is 1.04 bits per heavy atom. The molecular weight excluding hydrogens is 322 g/mol. The highest BCUT2D eigenvalue weighted by Crippen LogP contribution is 2.23. The Morgan fingerprint density at radius 2 is 1.77 bits per heavy atom. The standard InChI is InChI=1S/C21H25N5/c1-25-13-9-19(10-14-25)23-15-18-16-26(20-5-3-2-4-6-20)24-21(18)17-7-11-22-12-8-17/h2-8,11-12,16,19,23H,9-10,13-15H2,1H3. The molecule has 3 aromatic rings. The van der Waals surface area contributed by atoms with E-state index in [0.717, 1.165) is 36.6 Å². The van der Waals surface area contributed by atoms with Crippen LogP contribution in [0.2, 0.25) is 0 Å². The van der Waals surface area contributed by atoms with Crippen LogP contribution in [0.3, 0.4) is 0 Å². The minimum atomic E-state index is 0.580. The number of aromatic nitrogens is 3. The summed E-state index contributed by atoms with van der Waals surface area (Å²) in [6.45, 7) is 3.16. The van der Waals surface area contributed by atoms with Crippen molar-refractivity contribution >= 4 is 0 Å². The molecule has 0 aliphatic carbocycles. The second-order valence-corrected chi connectivity index (χ2v) is 6.98. The largest absolute Gasteiger partial charge is 0.310 e. The van der Waals surface area contributed by atoms with Crippen LogP contribution < -0.4 is 5.32 Å². The van der Waals surface area contributed by atoms with Gasteiger partial charge in [0.05, 0.1) is 11.4 Å². The van der Waals surface area contributed by atoms with Crippen molar-refractivity contribution in [1.29, 1.82) is 0 Å². The van der Waals surface area contributed by atoms with Crippen LogP contribution in [0.1, 0.15) is 18.4 Å². The number of hydrogen-bond donors (Lipinski definition) is 1. The van der Waals surface area contributed by atoms with Crippen LogP contribution in [0.15, 0.2) is 61.1 Å². The summed E-state index contributed by atoms with van der Waals surface area (Å²) in [7, 11) is 2.20. The van der Waals surface area contributed by atoms with Gasteiger partial charge in [-0.2, -0.15) is 5.10 Å². The summed E-state index contributed by atoms with van der Waals surface area (Å²) < 4.78 is 1.97. The quantitative estimate of drug-likeness (QED) is 0.770. The van der Waals surface area contributed by atoms with E-state index >= 15 is 0 Å². The zero-order valence-corrected chi connectivity index (χ0v) is 15.2. The number of rotatable bonds is 5. The molecular formula is C21H25N5. The van der Waals surface area contributed by atoms with Crippen molar-refractivity contribution in [3.63, 3.8) is 0 Å². The van der Waals surface area contributed by atoms with Crippen LogP contribution in [0.25, 0.3) is 16.9 Å². The van der Waals surface area contributed by atoms with Crippen molar-refractivity contribution in [2.45, 2.75) is 25.4 Å². The van der Waals surface area contributed by atoms with E-state index in [-0.39, 0.29) is 0 Å². The van der Waals surface area contributed by atoms with Gasteiger partial charge in [-0.1, -0.05) is 18.2 Å². The summed E-state index contributed by atoms with van der Waals surface area (Å²) in [4.78, 5) is 6.53. The van der Waals surface area contributed by atoms with E-state index in [1.54, 1.807) is 0 Å². The van der Waals surface area contributed by atoms with E-state index < -0.39 is 0 Å². The second kappa shape index (κ2) is 7.81. The van der Waals surface area contributed by atoms with Gasteiger partial charge < -0.3 is 10.2 Å². The van der Waals surface area contributed by atoms with Crippen LogP contribution in [0.5, 0.6) is 0 Å². The molecule has 0 radical (unpaired) electrons. The number of hydrogen-bond acceptors (Lipinski definition) is 4. The lowest BCUT2D eigenvalue weighted by Crippen LogP contribution is -2.40. The van der Waals surface area contributed by atoms with Crippen LogP contribution in [0.4, 0.5) is 0 Å². The van der Waals surface area contributed by atoms with Gasteiger partial charge in [-0.25, -0.2) is 4.68 Å². The van der Waals surface area contributed by atoms with E-state index in [0.29, 0.717) is 6.04 Å². The zero-order valence-electron chi connectivity index (χ0n) is 15.2. The summed E-state index contributed by atoms with van der Waals surface area (Å²) in [5.41, 5.74) is 4.43. The van der Waals surface area contributed by atoms with Gasteiger partial charge in [0.1, 0.15) is 0 Å². The lowest BCUT2D eigenvalue weighted by Gasteiger charge is -2.29. The summed E-state index contributed by atoms with van der Waals surface area (Å²) in [6, 6.07) is 14.9. The second-order valence-electron chi connectivity index (χ2n) is 6.98. The van der Waals surface area contributed by atoms with Crippen molar-refractivity contribution in [3.05, 3.63) is 66.6 Å². The number of nitrogens with zero attached hydrogens (tertiary/aromatic N) is 4. The number of piperidine rings is 1. The maximum absolute atomic E-state index is 4.87. The molecule has 0 bridgehead atoms. The number of para-hydroxylation sites is 1. The van der Waals surface area contributed by atoms with Crippen LogP contribution in [-0.2, 0) is 6.54 Å². The van der Waals surface area contributed by atoms with Gasteiger partial charge in [-0.05, 0) is 57.2 Å². The maximum atomic E-state index is 4.87. The Labute approximate surface area is 154 Å². The molecule has 3 heterocycles. The summed E-state index contributed by atoms with van der Waals surface area (Å²) in [5.74, 6) is 0. The maximum Gasteiger partial charge on any atom is 0.0973 e. The number of pyridine rings is 1. The third-order valence-corrected chi connectivity index (χ3v) is 5.06. The fraction of sp³-hybridized carbons (Fsp3) is 0.333. The van der Waals surface area contributed by atoms with E-state index in [2.05, 4.69) is 40.6 Å². The van der Waals surface area contributed by atoms with E-state index in [1.807, 2.05) is 47.4 Å². The van der Waals surface area contributed by atoms with Crippen LogP contribution in [0, 0.1) is 0 Å². The normalized spacial score (nSPS) is 16.0. The molecule has 4 rings (SSSR count).